The SMILES string of the molecule is CCCCCCCCCCOC(=O)c1ccc(NC(=O)CCC(=O)OCC(=O)c2ccc(Br)cc2)cc1. The van der Waals surface area contributed by atoms with Gasteiger partial charge in [0.1, 0.15) is 0 Å². The Kier molecular flexibility index (Phi) is 14.3. The van der Waals surface area contributed by atoms with Gasteiger partial charge in [0.15, 0.2) is 12.4 Å². The van der Waals surface area contributed by atoms with Gasteiger partial charge in [-0.2, -0.15) is 0 Å². The van der Waals surface area contributed by atoms with E-state index in [4.69, 9.17) is 9.47 Å². The van der Waals surface area contributed by atoms with Crippen molar-refractivity contribution in [2.45, 2.75) is 71.1 Å². The number of anilines is 1. The molecule has 7 nitrogen and oxygen atoms in total. The molecule has 1 N–H and O–H groups in total. The molecule has 0 saturated heterocycles. The Balaban J connectivity index is 1.60. The van der Waals surface area contributed by atoms with Crippen LogP contribution in [0.15, 0.2) is 53.0 Å². The number of hydrogen-bond donors (Lipinski definition) is 1. The molecule has 0 unspecified atom stereocenters. The quantitative estimate of drug-likeness (QED) is 0.126. The van der Waals surface area contributed by atoms with E-state index in [2.05, 4.69) is 28.2 Å². The van der Waals surface area contributed by atoms with E-state index in [-0.39, 0.29) is 37.1 Å². The number of unbranched alkanes of at least 4 members (excludes halogenated alkanes) is 7. The molecule has 0 bridgehead atoms. The molecule has 0 atom stereocenters. The zero-order valence-corrected chi connectivity index (χ0v) is 23.0. The lowest BCUT2D eigenvalue weighted by Gasteiger charge is -2.08. The topological polar surface area (TPSA) is 98.8 Å². The van der Waals surface area contributed by atoms with Gasteiger partial charge >= 0.3 is 11.9 Å². The van der Waals surface area contributed by atoms with Crippen LogP contribution in [0.25, 0.3) is 0 Å². The fourth-order valence-electron chi connectivity index (χ4n) is 3.55. The number of ketones is 1. The molecule has 2 aromatic rings. The highest BCUT2D eigenvalue weighted by atomic mass is 79.9. The average molecular weight is 575 g/mol. The van der Waals surface area contributed by atoms with Crippen molar-refractivity contribution in [2.24, 2.45) is 0 Å². The Hall–Kier alpha value is -3.00. The number of hydrogen-bond acceptors (Lipinski definition) is 6. The van der Waals surface area contributed by atoms with E-state index in [1.807, 2.05) is 0 Å². The predicted molar refractivity (Wildman–Crippen MR) is 147 cm³/mol. The molecule has 200 valence electrons. The van der Waals surface area contributed by atoms with Gasteiger partial charge in [0.05, 0.1) is 18.6 Å². The van der Waals surface area contributed by atoms with Crippen molar-refractivity contribution in [3.05, 3.63) is 64.1 Å². The van der Waals surface area contributed by atoms with Crippen LogP contribution in [0, 0.1) is 0 Å². The van der Waals surface area contributed by atoms with Crippen LogP contribution in [0.4, 0.5) is 5.69 Å². The van der Waals surface area contributed by atoms with Crippen LogP contribution >= 0.6 is 15.9 Å². The summed E-state index contributed by atoms with van der Waals surface area (Å²) in [5.41, 5.74) is 1.36. The van der Waals surface area contributed by atoms with Crippen molar-refractivity contribution >= 4 is 45.2 Å². The molecular formula is C29H36BrNO6. The number of rotatable bonds is 17. The van der Waals surface area contributed by atoms with Gasteiger partial charge in [0, 0.05) is 22.1 Å². The molecular weight excluding hydrogens is 538 g/mol. The fourth-order valence-corrected chi connectivity index (χ4v) is 3.81. The molecule has 0 radical (unpaired) electrons. The second kappa shape index (κ2) is 17.5. The van der Waals surface area contributed by atoms with Gasteiger partial charge in [-0.05, 0) is 42.8 Å². The second-order valence-corrected chi connectivity index (χ2v) is 9.74. The molecule has 2 rings (SSSR count). The Morgan fingerprint density at radius 2 is 1.32 bits per heavy atom. The van der Waals surface area contributed by atoms with E-state index in [1.54, 1.807) is 48.5 Å². The number of Topliss-reactive ketones (excluding diaryl/α,β-unsaturated/α-hetero) is 1. The molecule has 0 heterocycles. The minimum atomic E-state index is -0.629. The smallest absolute Gasteiger partial charge is 0.338 e. The van der Waals surface area contributed by atoms with Crippen LogP contribution in [-0.2, 0) is 19.1 Å². The van der Waals surface area contributed by atoms with E-state index >= 15 is 0 Å². The number of esters is 2. The minimum Gasteiger partial charge on any atom is -0.462 e. The third kappa shape index (κ3) is 12.7. The molecule has 0 aliphatic carbocycles. The maximum atomic E-state index is 12.2. The summed E-state index contributed by atoms with van der Waals surface area (Å²) in [6, 6.07) is 13.1. The van der Waals surface area contributed by atoms with Gasteiger partial charge < -0.3 is 14.8 Å². The van der Waals surface area contributed by atoms with Crippen LogP contribution < -0.4 is 5.32 Å². The summed E-state index contributed by atoms with van der Waals surface area (Å²) in [6.07, 6.45) is 9.18. The lowest BCUT2D eigenvalue weighted by Crippen LogP contribution is -2.17. The van der Waals surface area contributed by atoms with Crippen LogP contribution in [0.1, 0.15) is 91.8 Å². The van der Waals surface area contributed by atoms with Crippen molar-refractivity contribution in [1.82, 2.24) is 0 Å². The summed E-state index contributed by atoms with van der Waals surface area (Å²) in [5.74, 6) is -1.71. The van der Waals surface area contributed by atoms with Crippen LogP contribution in [0.3, 0.4) is 0 Å². The number of amides is 1. The van der Waals surface area contributed by atoms with E-state index < -0.39 is 5.97 Å². The Morgan fingerprint density at radius 1 is 0.730 bits per heavy atom. The number of ether oxygens (including phenoxy) is 2. The van der Waals surface area contributed by atoms with Crippen LogP contribution in [0.2, 0.25) is 0 Å². The highest BCUT2D eigenvalue weighted by molar-refractivity contribution is 9.10. The van der Waals surface area contributed by atoms with Gasteiger partial charge in [-0.15, -0.1) is 0 Å². The van der Waals surface area contributed by atoms with Gasteiger partial charge in [-0.25, -0.2) is 4.79 Å². The maximum absolute atomic E-state index is 12.2. The summed E-state index contributed by atoms with van der Waals surface area (Å²) in [7, 11) is 0. The lowest BCUT2D eigenvalue weighted by molar-refractivity contribution is -0.143. The number of carbonyl (C=O) groups is 4. The van der Waals surface area contributed by atoms with Crippen molar-refractivity contribution in [1.29, 1.82) is 0 Å². The van der Waals surface area contributed by atoms with E-state index in [1.165, 1.54) is 32.1 Å². The summed E-state index contributed by atoms with van der Waals surface area (Å²) in [5, 5.41) is 2.67. The fraction of sp³-hybridized carbons (Fsp3) is 0.448. The van der Waals surface area contributed by atoms with Gasteiger partial charge in [-0.3, -0.25) is 14.4 Å². The molecule has 0 saturated carbocycles. The lowest BCUT2D eigenvalue weighted by atomic mass is 10.1. The maximum Gasteiger partial charge on any atom is 0.338 e. The molecule has 2 aromatic carbocycles. The van der Waals surface area contributed by atoms with E-state index in [9.17, 15) is 19.2 Å². The van der Waals surface area contributed by atoms with Gasteiger partial charge in [-0.1, -0.05) is 79.9 Å². The summed E-state index contributed by atoms with van der Waals surface area (Å²) >= 11 is 3.29. The second-order valence-electron chi connectivity index (χ2n) is 8.83. The standard InChI is InChI=1S/C29H36BrNO6/c1-2-3-4-5-6-7-8-9-20-36-29(35)23-12-16-25(17-13-23)31-27(33)18-19-28(34)37-21-26(32)22-10-14-24(30)15-11-22/h10-17H,2-9,18-21H2,1H3,(H,31,33). The predicted octanol–water partition coefficient (Wildman–Crippen LogP) is 6.89. The summed E-state index contributed by atoms with van der Waals surface area (Å²) in [6.45, 7) is 2.23. The normalized spacial score (nSPS) is 10.5. The van der Waals surface area contributed by atoms with E-state index in [0.717, 1.165) is 23.7 Å². The number of carbonyl (C=O) groups excluding carboxylic acids is 4. The van der Waals surface area contributed by atoms with Crippen LogP contribution in [-0.4, -0.2) is 36.8 Å². The average Bonchev–Trinajstić information content (AvgIpc) is 2.90. The molecule has 0 aliphatic rings. The first-order valence-corrected chi connectivity index (χ1v) is 13.7. The molecule has 37 heavy (non-hydrogen) atoms. The van der Waals surface area contributed by atoms with Crippen LogP contribution in [0.5, 0.6) is 0 Å². The first-order valence-electron chi connectivity index (χ1n) is 12.9. The highest BCUT2D eigenvalue weighted by Gasteiger charge is 2.13. The molecule has 8 heteroatoms. The number of benzene rings is 2. The minimum absolute atomic E-state index is 0.0896. The zero-order chi connectivity index (χ0) is 26.9. The third-order valence-corrected chi connectivity index (χ3v) is 6.25. The van der Waals surface area contributed by atoms with Gasteiger partial charge in [0.25, 0.3) is 0 Å². The van der Waals surface area contributed by atoms with Crippen molar-refractivity contribution < 1.29 is 28.7 Å². The zero-order valence-electron chi connectivity index (χ0n) is 21.4. The highest BCUT2D eigenvalue weighted by Crippen LogP contribution is 2.14. The number of halogens is 1. The third-order valence-electron chi connectivity index (χ3n) is 5.72. The first kappa shape index (κ1) is 30.2. The Bertz CT molecular complexity index is 1000. The molecule has 0 aromatic heterocycles. The molecule has 0 fully saturated rings. The summed E-state index contributed by atoms with van der Waals surface area (Å²) < 4.78 is 11.1. The molecule has 0 aliphatic heterocycles. The van der Waals surface area contributed by atoms with E-state index in [0.29, 0.717) is 23.4 Å². The Morgan fingerprint density at radius 3 is 1.97 bits per heavy atom. The first-order chi connectivity index (χ1) is 17.9. The molecule has 1 amide bonds. The molecule has 0 spiro atoms. The van der Waals surface area contributed by atoms with Crippen molar-refractivity contribution in [3.8, 4) is 0 Å². The summed E-state index contributed by atoms with van der Waals surface area (Å²) in [4.78, 5) is 48.3. The van der Waals surface area contributed by atoms with Crippen molar-refractivity contribution in [2.75, 3.05) is 18.5 Å². The largest absolute Gasteiger partial charge is 0.462 e. The number of nitrogens with one attached hydrogen (secondary N) is 1. The monoisotopic (exact) mass is 573 g/mol. The van der Waals surface area contributed by atoms with Gasteiger partial charge in [0.2, 0.25) is 5.91 Å². The van der Waals surface area contributed by atoms with Crippen molar-refractivity contribution in [3.63, 3.8) is 0 Å². The Labute approximate surface area is 227 Å².